The molecule has 1 unspecified atom stereocenters. The Morgan fingerprint density at radius 3 is 2.85 bits per heavy atom. The van der Waals surface area contributed by atoms with Crippen LogP contribution in [0.2, 0.25) is 0 Å². The number of nitrogens with zero attached hydrogens (tertiary/aromatic N) is 2. The van der Waals surface area contributed by atoms with Gasteiger partial charge in [-0.05, 0) is 37.6 Å². The minimum Gasteiger partial charge on any atom is -0.376 e. The molecule has 108 valence electrons. The Labute approximate surface area is 120 Å². The third-order valence-electron chi connectivity index (χ3n) is 3.85. The van der Waals surface area contributed by atoms with Crippen LogP contribution in [0, 0.1) is 6.92 Å². The fraction of sp³-hybridized carbons (Fsp3) is 0.571. The summed E-state index contributed by atoms with van der Waals surface area (Å²) >= 11 is 1.47. The van der Waals surface area contributed by atoms with Crippen molar-refractivity contribution in [3.8, 4) is 0 Å². The van der Waals surface area contributed by atoms with E-state index in [1.54, 1.807) is 4.57 Å². The molecule has 0 saturated carbocycles. The van der Waals surface area contributed by atoms with Crippen molar-refractivity contribution in [2.24, 2.45) is 0 Å². The molecule has 0 aliphatic carbocycles. The summed E-state index contributed by atoms with van der Waals surface area (Å²) in [4.78, 5) is 25.7. The van der Waals surface area contributed by atoms with Crippen molar-refractivity contribution in [2.75, 3.05) is 6.61 Å². The van der Waals surface area contributed by atoms with E-state index in [2.05, 4.69) is 0 Å². The maximum atomic E-state index is 12.5. The van der Waals surface area contributed by atoms with E-state index >= 15 is 0 Å². The van der Waals surface area contributed by atoms with Crippen molar-refractivity contribution in [1.29, 1.82) is 0 Å². The molecule has 2 aromatic heterocycles. The number of aromatic nitrogens is 2. The van der Waals surface area contributed by atoms with Crippen molar-refractivity contribution in [3.63, 3.8) is 0 Å². The van der Waals surface area contributed by atoms with Crippen LogP contribution in [0.15, 0.2) is 15.0 Å². The van der Waals surface area contributed by atoms with Gasteiger partial charge in [-0.3, -0.25) is 13.9 Å². The molecular weight excluding hydrogens is 276 g/mol. The lowest BCUT2D eigenvalue weighted by Crippen LogP contribution is -2.40. The standard InChI is InChI=1S/C14H18N2O3S/c1-3-15-12(17)11-9(2)8-20-13(11)16(14(15)18)7-10-5-4-6-19-10/h8,10H,3-7H2,1-2H3. The molecule has 2 aromatic rings. The normalized spacial score (nSPS) is 19.0. The molecular formula is C14H18N2O3S. The highest BCUT2D eigenvalue weighted by atomic mass is 32.1. The molecule has 0 bridgehead atoms. The maximum absolute atomic E-state index is 12.5. The van der Waals surface area contributed by atoms with Crippen LogP contribution in [0.5, 0.6) is 0 Å². The minimum absolute atomic E-state index is 0.0844. The van der Waals surface area contributed by atoms with Gasteiger partial charge in [-0.15, -0.1) is 11.3 Å². The smallest absolute Gasteiger partial charge is 0.332 e. The Balaban J connectivity index is 2.23. The van der Waals surface area contributed by atoms with E-state index in [0.29, 0.717) is 18.5 Å². The maximum Gasteiger partial charge on any atom is 0.332 e. The zero-order valence-corrected chi connectivity index (χ0v) is 12.5. The van der Waals surface area contributed by atoms with Gasteiger partial charge in [-0.25, -0.2) is 4.79 Å². The highest BCUT2D eigenvalue weighted by molar-refractivity contribution is 7.17. The van der Waals surface area contributed by atoms with Crippen molar-refractivity contribution in [3.05, 3.63) is 31.8 Å². The van der Waals surface area contributed by atoms with E-state index in [0.717, 1.165) is 29.8 Å². The molecule has 1 aliphatic heterocycles. The van der Waals surface area contributed by atoms with E-state index in [9.17, 15) is 9.59 Å². The molecule has 0 N–H and O–H groups in total. The van der Waals surface area contributed by atoms with Gasteiger partial charge in [0.1, 0.15) is 4.83 Å². The lowest BCUT2D eigenvalue weighted by atomic mass is 10.2. The average Bonchev–Trinajstić information content (AvgIpc) is 3.05. The number of thiophene rings is 1. The Bertz CT molecular complexity index is 750. The second-order valence-corrected chi connectivity index (χ2v) is 6.03. The van der Waals surface area contributed by atoms with Crippen LogP contribution >= 0.6 is 11.3 Å². The number of hydrogen-bond donors (Lipinski definition) is 0. The van der Waals surface area contributed by atoms with Crippen LogP contribution in [-0.2, 0) is 17.8 Å². The molecule has 3 heterocycles. The summed E-state index contributed by atoms with van der Waals surface area (Å²) in [6, 6.07) is 0. The topological polar surface area (TPSA) is 53.2 Å². The summed E-state index contributed by atoms with van der Waals surface area (Å²) in [5, 5.41) is 2.62. The van der Waals surface area contributed by atoms with Gasteiger partial charge in [0, 0.05) is 13.2 Å². The molecule has 1 fully saturated rings. The fourth-order valence-electron chi connectivity index (χ4n) is 2.78. The van der Waals surface area contributed by atoms with Gasteiger partial charge in [0.2, 0.25) is 0 Å². The zero-order chi connectivity index (χ0) is 14.3. The van der Waals surface area contributed by atoms with E-state index in [4.69, 9.17) is 4.74 Å². The molecule has 0 spiro atoms. The summed E-state index contributed by atoms with van der Waals surface area (Å²) in [7, 11) is 0. The fourth-order valence-corrected chi connectivity index (χ4v) is 3.83. The summed E-state index contributed by atoms with van der Waals surface area (Å²) in [5.41, 5.74) is 0.551. The van der Waals surface area contributed by atoms with E-state index in [1.165, 1.54) is 15.9 Å². The molecule has 0 aromatic carbocycles. The average molecular weight is 294 g/mol. The SMILES string of the molecule is CCn1c(=O)c2c(C)csc2n(CC2CCCO2)c1=O. The quantitative estimate of drug-likeness (QED) is 0.866. The van der Waals surface area contributed by atoms with Gasteiger partial charge in [-0.2, -0.15) is 0 Å². The summed E-state index contributed by atoms with van der Waals surface area (Å²) in [5.74, 6) is 0. The van der Waals surface area contributed by atoms with Crippen LogP contribution in [0.4, 0.5) is 0 Å². The molecule has 6 heteroatoms. The lowest BCUT2D eigenvalue weighted by Gasteiger charge is -2.14. The van der Waals surface area contributed by atoms with E-state index in [1.807, 2.05) is 19.2 Å². The Morgan fingerprint density at radius 1 is 1.40 bits per heavy atom. The summed E-state index contributed by atoms with van der Waals surface area (Å²) in [6.45, 7) is 5.44. The Hall–Kier alpha value is -1.40. The van der Waals surface area contributed by atoms with Crippen LogP contribution in [0.1, 0.15) is 25.3 Å². The minimum atomic E-state index is -0.220. The predicted octanol–water partition coefficient (Wildman–Crippen LogP) is 1.73. The largest absolute Gasteiger partial charge is 0.376 e. The van der Waals surface area contributed by atoms with E-state index < -0.39 is 0 Å². The second kappa shape index (κ2) is 5.18. The molecule has 0 radical (unpaired) electrons. The van der Waals surface area contributed by atoms with Gasteiger partial charge in [0.05, 0.1) is 18.0 Å². The molecule has 1 aliphatic rings. The number of rotatable bonds is 3. The molecule has 5 nitrogen and oxygen atoms in total. The third kappa shape index (κ3) is 2.03. The first-order valence-corrected chi connectivity index (χ1v) is 7.84. The Kier molecular flexibility index (Phi) is 3.52. The van der Waals surface area contributed by atoms with Crippen LogP contribution < -0.4 is 11.2 Å². The van der Waals surface area contributed by atoms with Crippen LogP contribution in [0.3, 0.4) is 0 Å². The first-order valence-electron chi connectivity index (χ1n) is 6.96. The van der Waals surface area contributed by atoms with Crippen molar-refractivity contribution in [1.82, 2.24) is 9.13 Å². The van der Waals surface area contributed by atoms with Crippen LogP contribution in [0.25, 0.3) is 10.2 Å². The molecule has 0 amide bonds. The number of ether oxygens (including phenoxy) is 1. The number of fused-ring (bicyclic) bond motifs is 1. The number of hydrogen-bond acceptors (Lipinski definition) is 4. The number of aryl methyl sites for hydroxylation is 1. The zero-order valence-electron chi connectivity index (χ0n) is 11.7. The highest BCUT2D eigenvalue weighted by Gasteiger charge is 2.21. The monoisotopic (exact) mass is 294 g/mol. The summed E-state index contributed by atoms with van der Waals surface area (Å²) < 4.78 is 8.66. The molecule has 20 heavy (non-hydrogen) atoms. The van der Waals surface area contributed by atoms with Gasteiger partial charge in [-0.1, -0.05) is 0 Å². The van der Waals surface area contributed by atoms with Crippen molar-refractivity contribution in [2.45, 2.75) is 45.9 Å². The highest BCUT2D eigenvalue weighted by Crippen LogP contribution is 2.22. The van der Waals surface area contributed by atoms with Crippen LogP contribution in [-0.4, -0.2) is 21.8 Å². The van der Waals surface area contributed by atoms with E-state index in [-0.39, 0.29) is 17.4 Å². The summed E-state index contributed by atoms with van der Waals surface area (Å²) in [6.07, 6.45) is 2.10. The third-order valence-corrected chi connectivity index (χ3v) is 4.97. The van der Waals surface area contributed by atoms with Crippen molar-refractivity contribution < 1.29 is 4.74 Å². The van der Waals surface area contributed by atoms with Crippen molar-refractivity contribution >= 4 is 21.6 Å². The predicted molar refractivity (Wildman–Crippen MR) is 79.7 cm³/mol. The lowest BCUT2D eigenvalue weighted by molar-refractivity contribution is 0.0966. The van der Waals surface area contributed by atoms with Gasteiger partial charge in [0.25, 0.3) is 5.56 Å². The Morgan fingerprint density at radius 2 is 2.20 bits per heavy atom. The second-order valence-electron chi connectivity index (χ2n) is 5.18. The molecule has 3 rings (SSSR count). The first kappa shape index (κ1) is 13.6. The molecule has 1 saturated heterocycles. The van der Waals surface area contributed by atoms with Gasteiger partial charge < -0.3 is 4.74 Å². The molecule has 1 atom stereocenters. The van der Waals surface area contributed by atoms with Gasteiger partial charge >= 0.3 is 5.69 Å². The van der Waals surface area contributed by atoms with Gasteiger partial charge in [0.15, 0.2) is 0 Å². The first-order chi connectivity index (χ1) is 9.63.